The highest BCUT2D eigenvalue weighted by Gasteiger charge is 2.59. The average Bonchev–Trinajstić information content (AvgIpc) is 3.23. The zero-order valence-electron chi connectivity index (χ0n) is 36.5. The van der Waals surface area contributed by atoms with Crippen molar-refractivity contribution >= 4 is 18.0 Å². The Labute approximate surface area is 357 Å². The second-order valence-corrected chi connectivity index (χ2v) is 19.8. The maximum absolute atomic E-state index is 13.5. The van der Waals surface area contributed by atoms with Crippen LogP contribution in [-0.4, -0.2) is 61.3 Å². The number of amides is 2. The molecule has 60 heavy (non-hydrogen) atoms. The molecule has 318 valence electrons. The number of nitrogens with zero attached hydrogens (tertiary/aromatic N) is 2. The Morgan fingerprint density at radius 3 is 1.35 bits per heavy atom. The summed E-state index contributed by atoms with van der Waals surface area (Å²) in [5, 5.41) is 11.3. The summed E-state index contributed by atoms with van der Waals surface area (Å²) in [5.41, 5.74) is 1.91. The summed E-state index contributed by atoms with van der Waals surface area (Å²) < 4.78 is 11.6. The van der Waals surface area contributed by atoms with Crippen molar-refractivity contribution in [3.63, 3.8) is 0 Å². The molecule has 1 N–H and O–H groups in total. The number of aliphatic hydroxyl groups excluding tert-OH is 1. The van der Waals surface area contributed by atoms with Gasteiger partial charge in [0.15, 0.2) is 0 Å². The Balaban J connectivity index is 0.000000181. The molecule has 8 heteroatoms. The van der Waals surface area contributed by atoms with Crippen LogP contribution in [0.1, 0.15) is 128 Å². The third kappa shape index (κ3) is 8.90. The molecular weight excluding hydrogens is 749 g/mol. The van der Waals surface area contributed by atoms with Gasteiger partial charge in [0.05, 0.1) is 17.1 Å². The molecule has 6 aliphatic rings. The van der Waals surface area contributed by atoms with Crippen molar-refractivity contribution < 1.29 is 29.0 Å². The van der Waals surface area contributed by atoms with Crippen LogP contribution >= 0.6 is 0 Å². The van der Waals surface area contributed by atoms with Gasteiger partial charge >= 0.3 is 12.2 Å². The SMILES string of the molecule is CC(C)(C)OC(=O)N(Cc1ccccc1)C12CCC(c3ccccc3)(CC1)C(=O)C2.CC(C)(C)OC(=O)N(Cc1ccccc1)C12CCC(c3ccccc3)(CC1)C(O)C2. The number of ether oxygens (including phenoxy) is 2. The van der Waals surface area contributed by atoms with Crippen LogP contribution in [0.4, 0.5) is 9.59 Å². The predicted octanol–water partition coefficient (Wildman–Crippen LogP) is 11.1. The van der Waals surface area contributed by atoms with Gasteiger partial charge in [0, 0.05) is 30.5 Å². The predicted molar refractivity (Wildman–Crippen MR) is 235 cm³/mol. The first kappa shape index (κ1) is 43.1. The second-order valence-electron chi connectivity index (χ2n) is 19.8. The summed E-state index contributed by atoms with van der Waals surface area (Å²) >= 11 is 0. The summed E-state index contributed by atoms with van der Waals surface area (Å²) in [6.07, 6.45) is 6.63. The van der Waals surface area contributed by atoms with Crippen LogP contribution in [0, 0.1) is 0 Å². The van der Waals surface area contributed by atoms with E-state index in [1.807, 2.05) is 136 Å². The van der Waals surface area contributed by atoms with Crippen LogP contribution < -0.4 is 0 Å². The number of fused-ring (bicyclic) bond motifs is 6. The Kier molecular flexibility index (Phi) is 12.1. The first-order chi connectivity index (χ1) is 28.5. The minimum absolute atomic E-state index is 0.199. The van der Waals surface area contributed by atoms with E-state index < -0.39 is 28.3 Å². The van der Waals surface area contributed by atoms with Crippen molar-refractivity contribution in [2.45, 2.75) is 158 Å². The third-order valence-electron chi connectivity index (χ3n) is 13.8. The zero-order valence-corrected chi connectivity index (χ0v) is 36.5. The van der Waals surface area contributed by atoms with Crippen LogP contribution in [0.2, 0.25) is 0 Å². The molecule has 6 aliphatic carbocycles. The smallest absolute Gasteiger partial charge is 0.411 e. The molecular formula is C52H64N2O6. The highest BCUT2D eigenvalue weighted by atomic mass is 16.6. The fourth-order valence-electron chi connectivity index (χ4n) is 10.5. The highest BCUT2D eigenvalue weighted by molar-refractivity contribution is 5.93. The number of Topliss-reactive ketones (excluding diaryl/α,β-unsaturated/α-hetero) is 1. The van der Waals surface area contributed by atoms with Crippen LogP contribution in [0.3, 0.4) is 0 Å². The lowest BCUT2D eigenvalue weighted by Crippen LogP contribution is -2.64. The quantitative estimate of drug-likeness (QED) is 0.190. The van der Waals surface area contributed by atoms with Crippen molar-refractivity contribution in [1.82, 2.24) is 9.80 Å². The number of hydrogen-bond acceptors (Lipinski definition) is 6. The van der Waals surface area contributed by atoms with Crippen LogP contribution in [-0.2, 0) is 38.2 Å². The van der Waals surface area contributed by atoms with Crippen molar-refractivity contribution in [1.29, 1.82) is 0 Å². The maximum atomic E-state index is 13.5. The molecule has 8 nitrogen and oxygen atoms in total. The molecule has 0 aliphatic heterocycles. The van der Waals surface area contributed by atoms with Crippen LogP contribution in [0.25, 0.3) is 0 Å². The lowest BCUT2D eigenvalue weighted by Gasteiger charge is -2.59. The van der Waals surface area contributed by atoms with Crippen molar-refractivity contribution in [3.05, 3.63) is 144 Å². The maximum Gasteiger partial charge on any atom is 0.411 e. The van der Waals surface area contributed by atoms with Crippen LogP contribution in [0.15, 0.2) is 121 Å². The number of carbonyl (C=O) groups excluding carboxylic acids is 3. The Hall–Kier alpha value is -4.95. The summed E-state index contributed by atoms with van der Waals surface area (Å²) in [6, 6.07) is 40.6. The van der Waals surface area contributed by atoms with Gasteiger partial charge in [-0.15, -0.1) is 0 Å². The van der Waals surface area contributed by atoms with E-state index in [2.05, 4.69) is 36.4 Å². The molecule has 0 aromatic heterocycles. The monoisotopic (exact) mass is 812 g/mol. The van der Waals surface area contributed by atoms with E-state index in [0.717, 1.165) is 68.1 Å². The van der Waals surface area contributed by atoms with E-state index >= 15 is 0 Å². The van der Waals surface area contributed by atoms with E-state index in [-0.39, 0.29) is 28.9 Å². The van der Waals surface area contributed by atoms with Gasteiger partial charge in [0.1, 0.15) is 17.0 Å². The van der Waals surface area contributed by atoms with Crippen molar-refractivity contribution in [3.8, 4) is 0 Å². The molecule has 0 heterocycles. The zero-order chi connectivity index (χ0) is 42.8. The number of aliphatic hydroxyl groups is 1. The fraction of sp³-hybridized carbons (Fsp3) is 0.481. The number of rotatable bonds is 8. The summed E-state index contributed by atoms with van der Waals surface area (Å²) in [6.45, 7) is 12.3. The molecule has 0 saturated heterocycles. The Morgan fingerprint density at radius 2 is 0.950 bits per heavy atom. The summed E-state index contributed by atoms with van der Waals surface area (Å²) in [7, 11) is 0. The van der Waals surface area contributed by atoms with Gasteiger partial charge in [-0.25, -0.2) is 9.59 Å². The highest BCUT2D eigenvalue weighted by Crippen LogP contribution is 2.57. The molecule has 4 bridgehead atoms. The van der Waals surface area contributed by atoms with Crippen LogP contribution in [0.5, 0.6) is 0 Å². The standard InChI is InChI=1S/C26H33NO3.C26H31NO3/c2*1-24(2,3)30-23(29)27(19-20-10-6-4-7-11-20)25-14-16-26(17-15-25,22(28)18-25)21-12-8-5-9-13-21/h4-13,22,28H,14-19H2,1-3H3;4-13H,14-19H2,1-3H3. The van der Waals surface area contributed by atoms with Gasteiger partial charge in [-0.1, -0.05) is 121 Å². The molecule has 10 rings (SSSR count). The van der Waals surface area contributed by atoms with Crippen molar-refractivity contribution in [2.75, 3.05) is 0 Å². The minimum Gasteiger partial charge on any atom is -0.444 e. The largest absolute Gasteiger partial charge is 0.444 e. The lowest BCUT2D eigenvalue weighted by atomic mass is 9.53. The molecule has 4 aromatic carbocycles. The van der Waals surface area contributed by atoms with Gasteiger partial charge in [0.2, 0.25) is 0 Å². The molecule has 2 amide bonds. The first-order valence-corrected chi connectivity index (χ1v) is 21.9. The number of hydrogen-bond donors (Lipinski definition) is 1. The van der Waals surface area contributed by atoms with Gasteiger partial charge in [-0.05, 0) is 122 Å². The minimum atomic E-state index is -0.580. The number of ketones is 1. The number of carbonyl (C=O) groups is 3. The van der Waals surface area contributed by atoms with E-state index in [0.29, 0.717) is 25.9 Å². The normalized spacial score (nSPS) is 27.0. The van der Waals surface area contributed by atoms with Crippen molar-refractivity contribution in [2.24, 2.45) is 0 Å². The van der Waals surface area contributed by atoms with Gasteiger partial charge in [-0.2, -0.15) is 0 Å². The van der Waals surface area contributed by atoms with Gasteiger partial charge < -0.3 is 14.6 Å². The van der Waals surface area contributed by atoms with E-state index in [9.17, 15) is 19.5 Å². The molecule has 0 radical (unpaired) electrons. The topological polar surface area (TPSA) is 96.4 Å². The second kappa shape index (κ2) is 16.8. The number of benzene rings is 4. The average molecular weight is 813 g/mol. The molecule has 4 aromatic rings. The molecule has 6 saturated carbocycles. The Bertz CT molecular complexity index is 2070. The lowest BCUT2D eigenvalue weighted by molar-refractivity contribution is -0.139. The van der Waals surface area contributed by atoms with Gasteiger partial charge in [-0.3, -0.25) is 14.6 Å². The molecule has 0 spiro atoms. The summed E-state index contributed by atoms with van der Waals surface area (Å²) in [4.78, 5) is 43.8. The Morgan fingerprint density at radius 1 is 0.567 bits per heavy atom. The van der Waals surface area contributed by atoms with E-state index in [1.54, 1.807) is 0 Å². The first-order valence-electron chi connectivity index (χ1n) is 21.9. The molecule has 1 unspecified atom stereocenters. The molecule has 6 fully saturated rings. The van der Waals surface area contributed by atoms with Gasteiger partial charge in [0.25, 0.3) is 0 Å². The third-order valence-corrected chi connectivity index (χ3v) is 13.8. The molecule has 1 atom stereocenters. The van der Waals surface area contributed by atoms with E-state index in [4.69, 9.17) is 9.47 Å². The van der Waals surface area contributed by atoms with E-state index in [1.165, 1.54) is 5.56 Å². The summed E-state index contributed by atoms with van der Waals surface area (Å²) in [5.74, 6) is 0.257. The fourth-order valence-corrected chi connectivity index (χ4v) is 10.5.